The van der Waals surface area contributed by atoms with Gasteiger partial charge in [0.05, 0.1) is 0 Å². The van der Waals surface area contributed by atoms with Crippen LogP contribution in [-0.2, 0) is 42.9 Å². The summed E-state index contributed by atoms with van der Waals surface area (Å²) < 4.78 is 27.2. The minimum atomic E-state index is -1.16. The van der Waals surface area contributed by atoms with Crippen LogP contribution in [0.1, 0.15) is 27.7 Å². The van der Waals surface area contributed by atoms with E-state index in [1.165, 1.54) is 39.5 Å². The van der Waals surface area contributed by atoms with Crippen LogP contribution in [0.25, 0.3) is 0 Å². The molecule has 2 rings (SSSR count). The number of thioether (sulfide) groups is 1. The topological polar surface area (TPSA) is 114 Å². The van der Waals surface area contributed by atoms with Gasteiger partial charge in [-0.25, -0.2) is 0 Å². The van der Waals surface area contributed by atoms with E-state index >= 15 is 0 Å². The summed E-state index contributed by atoms with van der Waals surface area (Å²) in [5.41, 5.74) is -0.826. The first-order valence-corrected chi connectivity index (χ1v) is 10.1. The van der Waals surface area contributed by atoms with Gasteiger partial charge in [-0.3, -0.25) is 19.2 Å². The Morgan fingerprint density at radius 1 is 0.800 bits per heavy atom. The highest BCUT2D eigenvalue weighted by atomic mass is 32.2. The molecule has 0 N–H and O–H groups in total. The Morgan fingerprint density at radius 2 is 1.33 bits per heavy atom. The molecule has 10 heteroatoms. The first-order chi connectivity index (χ1) is 14.2. The fourth-order valence-electron chi connectivity index (χ4n) is 2.92. The van der Waals surface area contributed by atoms with E-state index < -0.39 is 53.7 Å². The molecule has 0 aliphatic carbocycles. The van der Waals surface area contributed by atoms with Gasteiger partial charge in [0.25, 0.3) is 0 Å². The molecule has 30 heavy (non-hydrogen) atoms. The number of carbonyl (C=O) groups excluding carboxylic acids is 4. The maximum atomic E-state index is 11.8. The predicted molar refractivity (Wildman–Crippen MR) is 104 cm³/mol. The first kappa shape index (κ1) is 23.7. The molecule has 0 bridgehead atoms. The summed E-state index contributed by atoms with van der Waals surface area (Å²) in [6, 6.07) is 9.16. The van der Waals surface area contributed by atoms with E-state index in [0.717, 1.165) is 4.90 Å². The molecular formula is C20H24O9S. The standard InChI is InChI=1S/C20H24O9S/c1-11(21)25-10-16-17(26-12(2)22)18(27-13(3)23)19(28-14(4)24)20(29-16)30-15-8-6-5-7-9-15/h5-9,16-20H,10H2,1-4H3/t16-,17+,18-,19-,20+/m1/s1. The quantitative estimate of drug-likeness (QED) is 0.460. The lowest BCUT2D eigenvalue weighted by Gasteiger charge is -2.44. The SMILES string of the molecule is CC(=O)OC[C@H]1O[C@@H](Sc2ccccc2)[C@H](OC(C)=O)[C@H](OC(C)=O)[C@H]1OC(C)=O. The minimum absolute atomic E-state index is 0.246. The second-order valence-electron chi connectivity index (χ2n) is 6.50. The fourth-order valence-corrected chi connectivity index (χ4v) is 4.04. The molecule has 9 nitrogen and oxygen atoms in total. The van der Waals surface area contributed by atoms with Crippen molar-refractivity contribution in [3.8, 4) is 0 Å². The van der Waals surface area contributed by atoms with Crippen LogP contribution in [-0.4, -0.2) is 60.3 Å². The Hall–Kier alpha value is -2.59. The molecule has 1 heterocycles. The largest absolute Gasteiger partial charge is 0.463 e. The van der Waals surface area contributed by atoms with E-state index in [2.05, 4.69) is 0 Å². The van der Waals surface area contributed by atoms with Gasteiger partial charge >= 0.3 is 23.9 Å². The molecule has 164 valence electrons. The van der Waals surface area contributed by atoms with Crippen molar-refractivity contribution in [2.24, 2.45) is 0 Å². The lowest BCUT2D eigenvalue weighted by atomic mass is 9.99. The van der Waals surface area contributed by atoms with Gasteiger partial charge in [-0.05, 0) is 12.1 Å². The maximum absolute atomic E-state index is 11.8. The molecule has 0 unspecified atom stereocenters. The number of carbonyl (C=O) groups is 4. The Bertz CT molecular complexity index is 767. The number of esters is 4. The van der Waals surface area contributed by atoms with Crippen LogP contribution in [0.15, 0.2) is 35.2 Å². The third-order valence-electron chi connectivity index (χ3n) is 3.94. The Kier molecular flexibility index (Phi) is 8.67. The van der Waals surface area contributed by atoms with E-state index in [4.69, 9.17) is 23.7 Å². The number of hydrogen-bond donors (Lipinski definition) is 0. The number of rotatable bonds is 7. The highest BCUT2D eigenvalue weighted by Crippen LogP contribution is 2.37. The molecule has 0 aromatic heterocycles. The second-order valence-corrected chi connectivity index (χ2v) is 7.67. The van der Waals surface area contributed by atoms with Crippen LogP contribution in [0.5, 0.6) is 0 Å². The molecule has 1 saturated heterocycles. The van der Waals surface area contributed by atoms with E-state index in [-0.39, 0.29) is 6.61 Å². The second kappa shape index (κ2) is 11.0. The van der Waals surface area contributed by atoms with Gasteiger partial charge in [0, 0.05) is 32.6 Å². The van der Waals surface area contributed by atoms with Crippen molar-refractivity contribution in [1.29, 1.82) is 0 Å². The normalized spacial score (nSPS) is 25.7. The molecule has 0 saturated carbocycles. The van der Waals surface area contributed by atoms with Gasteiger partial charge in [0.2, 0.25) is 0 Å². The van der Waals surface area contributed by atoms with Crippen molar-refractivity contribution >= 4 is 35.6 Å². The molecule has 1 aromatic carbocycles. The van der Waals surface area contributed by atoms with Crippen molar-refractivity contribution in [1.82, 2.24) is 0 Å². The summed E-state index contributed by atoms with van der Waals surface area (Å²) in [4.78, 5) is 47.3. The third kappa shape index (κ3) is 7.03. The lowest BCUT2D eigenvalue weighted by molar-refractivity contribution is -0.237. The van der Waals surface area contributed by atoms with Gasteiger partial charge < -0.3 is 23.7 Å². The lowest BCUT2D eigenvalue weighted by Crippen LogP contribution is -2.61. The highest BCUT2D eigenvalue weighted by Gasteiger charge is 2.52. The van der Waals surface area contributed by atoms with Crippen molar-refractivity contribution < 1.29 is 42.9 Å². The summed E-state index contributed by atoms with van der Waals surface area (Å²) in [7, 11) is 0. The molecule has 1 aromatic rings. The van der Waals surface area contributed by atoms with E-state index in [1.807, 2.05) is 30.3 Å². The Labute approximate surface area is 178 Å². The van der Waals surface area contributed by atoms with Crippen LogP contribution >= 0.6 is 11.8 Å². The molecule has 5 atom stereocenters. The molecule has 1 fully saturated rings. The molecule has 1 aliphatic rings. The summed E-state index contributed by atoms with van der Waals surface area (Å²) in [6.07, 6.45) is -4.33. The van der Waals surface area contributed by atoms with Gasteiger partial charge in [-0.1, -0.05) is 30.0 Å². The van der Waals surface area contributed by atoms with Crippen molar-refractivity contribution in [2.45, 2.75) is 62.4 Å². The highest BCUT2D eigenvalue weighted by molar-refractivity contribution is 7.99. The predicted octanol–water partition coefficient (Wildman–Crippen LogP) is 1.86. The van der Waals surface area contributed by atoms with E-state index in [0.29, 0.717) is 0 Å². The summed E-state index contributed by atoms with van der Waals surface area (Å²) in [5.74, 6) is -2.51. The smallest absolute Gasteiger partial charge is 0.303 e. The molecular weight excluding hydrogens is 416 g/mol. The molecule has 0 radical (unpaired) electrons. The van der Waals surface area contributed by atoms with Gasteiger partial charge in [-0.2, -0.15) is 0 Å². The maximum Gasteiger partial charge on any atom is 0.303 e. The summed E-state index contributed by atoms with van der Waals surface area (Å²) in [5, 5.41) is 0. The summed E-state index contributed by atoms with van der Waals surface area (Å²) in [6.45, 7) is 4.56. The Morgan fingerprint density at radius 3 is 1.87 bits per heavy atom. The fraction of sp³-hybridized carbons (Fsp3) is 0.500. The number of ether oxygens (including phenoxy) is 5. The molecule has 1 aliphatic heterocycles. The number of hydrogen-bond acceptors (Lipinski definition) is 10. The van der Waals surface area contributed by atoms with Crippen LogP contribution in [0.4, 0.5) is 0 Å². The van der Waals surface area contributed by atoms with E-state index in [9.17, 15) is 19.2 Å². The van der Waals surface area contributed by atoms with Crippen LogP contribution in [0.3, 0.4) is 0 Å². The zero-order valence-electron chi connectivity index (χ0n) is 17.1. The van der Waals surface area contributed by atoms with Crippen molar-refractivity contribution in [3.63, 3.8) is 0 Å². The monoisotopic (exact) mass is 440 g/mol. The van der Waals surface area contributed by atoms with Crippen molar-refractivity contribution in [2.75, 3.05) is 6.61 Å². The Balaban J connectivity index is 2.42. The average molecular weight is 440 g/mol. The van der Waals surface area contributed by atoms with Crippen LogP contribution in [0, 0.1) is 0 Å². The first-order valence-electron chi connectivity index (χ1n) is 9.19. The zero-order chi connectivity index (χ0) is 22.3. The minimum Gasteiger partial charge on any atom is -0.463 e. The van der Waals surface area contributed by atoms with E-state index in [1.54, 1.807) is 0 Å². The average Bonchev–Trinajstić information content (AvgIpc) is 2.64. The number of benzene rings is 1. The van der Waals surface area contributed by atoms with Gasteiger partial charge in [0.1, 0.15) is 18.1 Å². The molecule has 0 spiro atoms. The third-order valence-corrected chi connectivity index (χ3v) is 5.10. The van der Waals surface area contributed by atoms with Crippen LogP contribution < -0.4 is 0 Å². The zero-order valence-corrected chi connectivity index (χ0v) is 17.9. The van der Waals surface area contributed by atoms with Crippen LogP contribution in [0.2, 0.25) is 0 Å². The van der Waals surface area contributed by atoms with Gasteiger partial charge in [0.15, 0.2) is 18.3 Å². The van der Waals surface area contributed by atoms with Crippen molar-refractivity contribution in [3.05, 3.63) is 30.3 Å². The summed E-state index contributed by atoms with van der Waals surface area (Å²) >= 11 is 1.23. The molecule has 0 amide bonds. The van der Waals surface area contributed by atoms with Gasteiger partial charge in [-0.15, -0.1) is 0 Å².